The molecule has 0 aliphatic heterocycles. The summed E-state index contributed by atoms with van der Waals surface area (Å²) < 4.78 is 15.5. The van der Waals surface area contributed by atoms with Crippen LogP contribution in [0.1, 0.15) is 51.5 Å². The molecule has 0 aliphatic carbocycles. The maximum absolute atomic E-state index is 12.6. The van der Waals surface area contributed by atoms with Gasteiger partial charge in [-0.05, 0) is 39.3 Å². The molecular formula is C21H26N2O6. The Labute approximate surface area is 169 Å². The first-order valence-electron chi connectivity index (χ1n) is 9.26. The molecule has 0 saturated carbocycles. The van der Waals surface area contributed by atoms with E-state index in [4.69, 9.17) is 14.2 Å². The van der Waals surface area contributed by atoms with E-state index in [1.165, 1.54) is 6.92 Å². The van der Waals surface area contributed by atoms with Gasteiger partial charge in [-0.1, -0.05) is 18.2 Å². The number of hydrogen-bond acceptors (Lipinski definition) is 6. The second kappa shape index (κ2) is 9.77. The lowest BCUT2D eigenvalue weighted by Gasteiger charge is -2.15. The van der Waals surface area contributed by atoms with Gasteiger partial charge in [-0.2, -0.15) is 0 Å². The summed E-state index contributed by atoms with van der Waals surface area (Å²) in [6, 6.07) is 7.30. The lowest BCUT2D eigenvalue weighted by molar-refractivity contribution is -0.129. The minimum atomic E-state index is -1.02. The Morgan fingerprint density at radius 2 is 1.83 bits per heavy atom. The van der Waals surface area contributed by atoms with Crippen molar-refractivity contribution in [2.24, 2.45) is 0 Å². The SMILES string of the molecule is CCOC(=O)c1[nH]c(C)c(C(=O)O[C@H](C)C(=O)NCc2ccccc2OC)c1C. The Morgan fingerprint density at radius 3 is 2.48 bits per heavy atom. The van der Waals surface area contributed by atoms with E-state index in [0.717, 1.165) is 5.56 Å². The van der Waals surface area contributed by atoms with Crippen LogP contribution < -0.4 is 10.1 Å². The minimum absolute atomic E-state index is 0.199. The van der Waals surface area contributed by atoms with Crippen LogP contribution in [0.15, 0.2) is 24.3 Å². The lowest BCUT2D eigenvalue weighted by Crippen LogP contribution is -2.35. The standard InChI is InChI=1S/C21H26N2O6/c1-6-28-21(26)18-12(2)17(13(3)23-18)20(25)29-14(4)19(24)22-11-15-9-7-8-10-16(15)27-5/h7-10,14,23H,6,11H2,1-5H3,(H,22,24)/t14-/m1/s1. The predicted molar refractivity (Wildman–Crippen MR) is 106 cm³/mol. The summed E-state index contributed by atoms with van der Waals surface area (Å²) in [6.45, 7) is 6.92. The molecule has 2 rings (SSSR count). The number of H-pyrrole nitrogens is 1. The van der Waals surface area contributed by atoms with Gasteiger partial charge in [-0.15, -0.1) is 0 Å². The molecule has 156 valence electrons. The normalized spacial score (nSPS) is 11.5. The van der Waals surface area contributed by atoms with Crippen LogP contribution in [0.25, 0.3) is 0 Å². The van der Waals surface area contributed by atoms with Crippen molar-refractivity contribution >= 4 is 17.8 Å². The number of para-hydroxylation sites is 1. The van der Waals surface area contributed by atoms with Crippen LogP contribution in [-0.4, -0.2) is 42.7 Å². The fourth-order valence-corrected chi connectivity index (χ4v) is 2.91. The highest BCUT2D eigenvalue weighted by atomic mass is 16.5. The first-order chi connectivity index (χ1) is 13.8. The van der Waals surface area contributed by atoms with E-state index in [0.29, 0.717) is 17.0 Å². The van der Waals surface area contributed by atoms with E-state index in [1.807, 2.05) is 18.2 Å². The summed E-state index contributed by atoms with van der Waals surface area (Å²) in [6.07, 6.45) is -1.02. The third-order valence-electron chi connectivity index (χ3n) is 4.42. The van der Waals surface area contributed by atoms with Gasteiger partial charge in [-0.25, -0.2) is 9.59 Å². The Hall–Kier alpha value is -3.29. The summed E-state index contributed by atoms with van der Waals surface area (Å²) in [7, 11) is 1.55. The van der Waals surface area contributed by atoms with Gasteiger partial charge in [-0.3, -0.25) is 4.79 Å². The summed E-state index contributed by atoms with van der Waals surface area (Å²) in [4.78, 5) is 39.7. The number of carbonyl (C=O) groups excluding carboxylic acids is 3. The number of rotatable bonds is 8. The molecule has 2 aromatic rings. The average Bonchev–Trinajstić information content (AvgIpc) is 3.00. The van der Waals surface area contributed by atoms with Crippen molar-refractivity contribution < 1.29 is 28.6 Å². The molecule has 1 aromatic carbocycles. The summed E-state index contributed by atoms with van der Waals surface area (Å²) in [5, 5.41) is 2.72. The molecule has 29 heavy (non-hydrogen) atoms. The maximum Gasteiger partial charge on any atom is 0.355 e. The van der Waals surface area contributed by atoms with E-state index >= 15 is 0 Å². The molecule has 0 saturated heterocycles. The predicted octanol–water partition coefficient (Wildman–Crippen LogP) is 2.68. The lowest BCUT2D eigenvalue weighted by atomic mass is 10.1. The van der Waals surface area contributed by atoms with Crippen LogP contribution >= 0.6 is 0 Å². The second-order valence-corrected chi connectivity index (χ2v) is 6.42. The number of amides is 1. The van der Waals surface area contributed by atoms with E-state index < -0.39 is 23.9 Å². The summed E-state index contributed by atoms with van der Waals surface area (Å²) in [5.74, 6) is -1.02. The molecule has 0 aliphatic rings. The fraction of sp³-hybridized carbons (Fsp3) is 0.381. The van der Waals surface area contributed by atoms with Gasteiger partial charge >= 0.3 is 11.9 Å². The smallest absolute Gasteiger partial charge is 0.355 e. The highest BCUT2D eigenvalue weighted by Gasteiger charge is 2.26. The van der Waals surface area contributed by atoms with E-state index in [1.54, 1.807) is 33.9 Å². The largest absolute Gasteiger partial charge is 0.496 e. The highest BCUT2D eigenvalue weighted by molar-refractivity contribution is 5.99. The number of hydrogen-bond donors (Lipinski definition) is 2. The van der Waals surface area contributed by atoms with Gasteiger partial charge in [0.1, 0.15) is 11.4 Å². The van der Waals surface area contributed by atoms with Crippen molar-refractivity contribution in [3.63, 3.8) is 0 Å². The number of aromatic nitrogens is 1. The summed E-state index contributed by atoms with van der Waals surface area (Å²) in [5.41, 5.74) is 2.12. The van der Waals surface area contributed by atoms with Crippen LogP contribution in [-0.2, 0) is 20.8 Å². The van der Waals surface area contributed by atoms with Gasteiger partial charge in [0, 0.05) is 17.8 Å². The highest BCUT2D eigenvalue weighted by Crippen LogP contribution is 2.21. The number of benzene rings is 1. The molecule has 0 radical (unpaired) electrons. The third-order valence-corrected chi connectivity index (χ3v) is 4.42. The second-order valence-electron chi connectivity index (χ2n) is 6.42. The van der Waals surface area contributed by atoms with Gasteiger partial charge in [0.15, 0.2) is 6.10 Å². The van der Waals surface area contributed by atoms with Crippen LogP contribution in [0.2, 0.25) is 0 Å². The molecule has 8 heteroatoms. The van der Waals surface area contributed by atoms with Crippen molar-refractivity contribution in [2.45, 2.75) is 40.3 Å². The zero-order valence-electron chi connectivity index (χ0n) is 17.3. The molecule has 1 heterocycles. The molecule has 0 spiro atoms. The zero-order valence-corrected chi connectivity index (χ0v) is 17.3. The van der Waals surface area contributed by atoms with Crippen molar-refractivity contribution in [2.75, 3.05) is 13.7 Å². The zero-order chi connectivity index (χ0) is 21.6. The van der Waals surface area contributed by atoms with Crippen LogP contribution in [0.4, 0.5) is 0 Å². The topological polar surface area (TPSA) is 107 Å². The fourth-order valence-electron chi connectivity index (χ4n) is 2.91. The molecule has 1 atom stereocenters. The third kappa shape index (κ3) is 5.16. The number of methoxy groups -OCH3 is 1. The Morgan fingerprint density at radius 1 is 1.14 bits per heavy atom. The molecule has 0 unspecified atom stereocenters. The molecule has 8 nitrogen and oxygen atoms in total. The Bertz CT molecular complexity index is 903. The minimum Gasteiger partial charge on any atom is -0.496 e. The van der Waals surface area contributed by atoms with Gasteiger partial charge < -0.3 is 24.5 Å². The number of aromatic amines is 1. The van der Waals surface area contributed by atoms with Crippen molar-refractivity contribution in [3.8, 4) is 5.75 Å². The molecule has 1 amide bonds. The number of nitrogens with one attached hydrogen (secondary N) is 2. The number of ether oxygens (including phenoxy) is 3. The molecule has 0 fully saturated rings. The summed E-state index contributed by atoms with van der Waals surface area (Å²) >= 11 is 0. The molecular weight excluding hydrogens is 376 g/mol. The van der Waals surface area contributed by atoms with Crippen LogP contribution in [0, 0.1) is 13.8 Å². The van der Waals surface area contributed by atoms with Crippen LogP contribution in [0.3, 0.4) is 0 Å². The van der Waals surface area contributed by atoms with Gasteiger partial charge in [0.05, 0.1) is 19.3 Å². The van der Waals surface area contributed by atoms with Crippen molar-refractivity contribution in [1.29, 1.82) is 0 Å². The van der Waals surface area contributed by atoms with Gasteiger partial charge in [0.2, 0.25) is 0 Å². The number of carbonyl (C=O) groups is 3. The van der Waals surface area contributed by atoms with Gasteiger partial charge in [0.25, 0.3) is 5.91 Å². The molecule has 0 bridgehead atoms. The van der Waals surface area contributed by atoms with E-state index in [9.17, 15) is 14.4 Å². The quantitative estimate of drug-likeness (QED) is 0.658. The number of aryl methyl sites for hydroxylation is 1. The Balaban J connectivity index is 2.03. The average molecular weight is 402 g/mol. The molecule has 1 aromatic heterocycles. The maximum atomic E-state index is 12.6. The monoisotopic (exact) mass is 402 g/mol. The first-order valence-corrected chi connectivity index (χ1v) is 9.26. The number of esters is 2. The van der Waals surface area contributed by atoms with Crippen molar-refractivity contribution in [3.05, 3.63) is 52.3 Å². The first kappa shape index (κ1) is 22.0. The van der Waals surface area contributed by atoms with E-state index in [-0.39, 0.29) is 24.4 Å². The molecule has 2 N–H and O–H groups in total. The van der Waals surface area contributed by atoms with Crippen LogP contribution in [0.5, 0.6) is 5.75 Å². The Kier molecular flexibility index (Phi) is 7.41. The van der Waals surface area contributed by atoms with E-state index in [2.05, 4.69) is 10.3 Å². The van der Waals surface area contributed by atoms with Crippen molar-refractivity contribution in [1.82, 2.24) is 10.3 Å².